The monoisotopic (exact) mass is 201 g/mol. The van der Waals surface area contributed by atoms with Crippen LogP contribution in [0.4, 0.5) is 0 Å². The van der Waals surface area contributed by atoms with Crippen LogP contribution in [-0.4, -0.2) is 12.3 Å². The fourth-order valence-corrected chi connectivity index (χ4v) is 1.58. The summed E-state index contributed by atoms with van der Waals surface area (Å²) in [5, 5.41) is 3.99. The number of rotatable bonds is 3. The van der Waals surface area contributed by atoms with Gasteiger partial charge in [0.2, 0.25) is 0 Å². The fraction of sp³-hybridized carbons (Fsp3) is 0.308. The highest BCUT2D eigenvalue weighted by Gasteiger charge is 2.07. The zero-order valence-corrected chi connectivity index (χ0v) is 8.67. The van der Waals surface area contributed by atoms with Crippen molar-refractivity contribution in [3.8, 4) is 0 Å². The third-order valence-electron chi connectivity index (χ3n) is 2.41. The second-order valence-electron chi connectivity index (χ2n) is 3.65. The van der Waals surface area contributed by atoms with Gasteiger partial charge in [0.15, 0.2) is 0 Å². The van der Waals surface area contributed by atoms with E-state index >= 15 is 0 Å². The molecule has 0 aromatic heterocycles. The molecule has 1 aromatic rings. The topological polar surface area (TPSA) is 21.6 Å². The van der Waals surface area contributed by atoms with Gasteiger partial charge in [-0.2, -0.15) is 0 Å². The molecule has 0 aliphatic heterocycles. The van der Waals surface area contributed by atoms with Gasteiger partial charge in [0.1, 0.15) is 6.10 Å². The summed E-state index contributed by atoms with van der Waals surface area (Å²) in [7, 11) is 0. The maximum Gasteiger partial charge on any atom is 0.145 e. The Kier molecular flexibility index (Phi) is 3.55. The lowest BCUT2D eigenvalue weighted by Gasteiger charge is -2.13. The van der Waals surface area contributed by atoms with Gasteiger partial charge in [-0.1, -0.05) is 41.6 Å². The quantitative estimate of drug-likeness (QED) is 0.418. The molecule has 0 bridgehead atoms. The molecular formula is C13H15NO. The van der Waals surface area contributed by atoms with Crippen LogP contribution in [0.25, 0.3) is 0 Å². The number of benzene rings is 1. The van der Waals surface area contributed by atoms with E-state index in [1.54, 1.807) is 6.21 Å². The Labute approximate surface area is 90.3 Å². The molecule has 1 aliphatic carbocycles. The Bertz CT molecular complexity index is 343. The van der Waals surface area contributed by atoms with Crippen molar-refractivity contribution in [3.05, 3.63) is 48.0 Å². The summed E-state index contributed by atoms with van der Waals surface area (Å²) in [5.41, 5.74) is 1.07. The standard InChI is InChI=1S/C13H15NO/c1-3-7-12(8-4-1)11-14-15-13-9-5-2-6-10-13/h1,3-5,7-9,11,13H,2,6,10H2/b14-11+. The van der Waals surface area contributed by atoms with Gasteiger partial charge >= 0.3 is 0 Å². The minimum Gasteiger partial charge on any atom is -0.388 e. The Morgan fingerprint density at radius 1 is 1.27 bits per heavy atom. The third-order valence-corrected chi connectivity index (χ3v) is 2.41. The molecule has 2 nitrogen and oxygen atoms in total. The van der Waals surface area contributed by atoms with E-state index in [1.165, 1.54) is 12.8 Å². The highest BCUT2D eigenvalue weighted by Crippen LogP contribution is 2.13. The van der Waals surface area contributed by atoms with E-state index in [2.05, 4.69) is 17.3 Å². The smallest absolute Gasteiger partial charge is 0.145 e. The summed E-state index contributed by atoms with van der Waals surface area (Å²) in [5.74, 6) is 0. The van der Waals surface area contributed by atoms with Gasteiger partial charge in [-0.3, -0.25) is 0 Å². The Hall–Kier alpha value is -1.57. The normalized spacial score (nSPS) is 20.7. The highest BCUT2D eigenvalue weighted by atomic mass is 16.6. The third kappa shape index (κ3) is 3.24. The van der Waals surface area contributed by atoms with E-state index < -0.39 is 0 Å². The molecule has 1 atom stereocenters. The molecule has 15 heavy (non-hydrogen) atoms. The molecule has 0 saturated carbocycles. The van der Waals surface area contributed by atoms with Crippen LogP contribution >= 0.6 is 0 Å². The average molecular weight is 201 g/mol. The summed E-state index contributed by atoms with van der Waals surface area (Å²) in [6, 6.07) is 9.97. The maximum absolute atomic E-state index is 5.37. The van der Waals surface area contributed by atoms with E-state index in [1.807, 2.05) is 30.3 Å². The number of hydrogen-bond acceptors (Lipinski definition) is 2. The summed E-state index contributed by atoms with van der Waals surface area (Å²) in [6.45, 7) is 0. The molecule has 0 spiro atoms. The fourth-order valence-electron chi connectivity index (χ4n) is 1.58. The van der Waals surface area contributed by atoms with E-state index in [-0.39, 0.29) is 6.10 Å². The molecule has 2 heteroatoms. The predicted octanol–water partition coefficient (Wildman–Crippen LogP) is 3.15. The molecule has 0 N–H and O–H groups in total. The molecule has 0 fully saturated rings. The van der Waals surface area contributed by atoms with Crippen LogP contribution in [0.15, 0.2) is 47.6 Å². The molecule has 1 aromatic carbocycles. The predicted molar refractivity (Wildman–Crippen MR) is 61.9 cm³/mol. The van der Waals surface area contributed by atoms with Crippen molar-refractivity contribution < 1.29 is 4.84 Å². The number of hydrogen-bond donors (Lipinski definition) is 0. The molecule has 78 valence electrons. The largest absolute Gasteiger partial charge is 0.388 e. The maximum atomic E-state index is 5.37. The molecule has 0 radical (unpaired) electrons. The molecule has 1 unspecified atom stereocenters. The minimum absolute atomic E-state index is 0.165. The van der Waals surface area contributed by atoms with E-state index in [4.69, 9.17) is 4.84 Å². The second kappa shape index (κ2) is 5.35. The molecule has 0 heterocycles. The van der Waals surface area contributed by atoms with Crippen LogP contribution < -0.4 is 0 Å². The number of oxime groups is 1. The van der Waals surface area contributed by atoms with Gasteiger partial charge in [0.25, 0.3) is 0 Å². The summed E-state index contributed by atoms with van der Waals surface area (Å²) in [6.07, 6.45) is 9.60. The highest BCUT2D eigenvalue weighted by molar-refractivity contribution is 5.78. The summed E-state index contributed by atoms with van der Waals surface area (Å²) >= 11 is 0. The second-order valence-corrected chi connectivity index (χ2v) is 3.65. The average Bonchev–Trinajstić information content (AvgIpc) is 2.32. The van der Waals surface area contributed by atoms with Gasteiger partial charge in [0.05, 0.1) is 6.21 Å². The lowest BCUT2D eigenvalue weighted by molar-refractivity contribution is 0.0834. The summed E-state index contributed by atoms with van der Waals surface area (Å²) in [4.78, 5) is 5.37. The van der Waals surface area contributed by atoms with Crippen molar-refractivity contribution in [1.82, 2.24) is 0 Å². The Morgan fingerprint density at radius 2 is 2.13 bits per heavy atom. The first-order valence-corrected chi connectivity index (χ1v) is 5.36. The van der Waals surface area contributed by atoms with Crippen molar-refractivity contribution in [2.45, 2.75) is 25.4 Å². The van der Waals surface area contributed by atoms with Crippen LogP contribution in [0, 0.1) is 0 Å². The molecule has 0 amide bonds. The molecular weight excluding hydrogens is 186 g/mol. The summed E-state index contributed by atoms with van der Waals surface area (Å²) < 4.78 is 0. The zero-order chi connectivity index (χ0) is 10.3. The Morgan fingerprint density at radius 3 is 2.87 bits per heavy atom. The SMILES string of the molecule is C1=CC(O/N=C/c2ccccc2)CCC1. The van der Waals surface area contributed by atoms with Crippen molar-refractivity contribution in [2.24, 2.45) is 5.16 Å². The first kappa shape index (κ1) is 9.97. The van der Waals surface area contributed by atoms with Crippen LogP contribution in [0.5, 0.6) is 0 Å². The van der Waals surface area contributed by atoms with Crippen LogP contribution in [0.1, 0.15) is 24.8 Å². The first-order chi connectivity index (χ1) is 7.45. The lowest BCUT2D eigenvalue weighted by Crippen LogP contribution is -2.08. The van der Waals surface area contributed by atoms with Crippen molar-refractivity contribution in [2.75, 3.05) is 0 Å². The molecule has 0 saturated heterocycles. The number of nitrogens with zero attached hydrogens (tertiary/aromatic N) is 1. The van der Waals surface area contributed by atoms with Gasteiger partial charge in [-0.15, -0.1) is 0 Å². The van der Waals surface area contributed by atoms with Gasteiger partial charge in [0, 0.05) is 0 Å². The van der Waals surface area contributed by atoms with Crippen molar-refractivity contribution >= 4 is 6.21 Å². The van der Waals surface area contributed by atoms with Gasteiger partial charge < -0.3 is 4.84 Å². The van der Waals surface area contributed by atoms with Crippen molar-refractivity contribution in [3.63, 3.8) is 0 Å². The van der Waals surface area contributed by atoms with Crippen LogP contribution in [0.3, 0.4) is 0 Å². The van der Waals surface area contributed by atoms with Crippen LogP contribution in [-0.2, 0) is 4.84 Å². The lowest BCUT2D eigenvalue weighted by atomic mass is 10.1. The van der Waals surface area contributed by atoms with E-state index in [0.29, 0.717) is 0 Å². The number of allylic oxidation sites excluding steroid dienone is 1. The molecule has 2 rings (SSSR count). The van der Waals surface area contributed by atoms with E-state index in [9.17, 15) is 0 Å². The van der Waals surface area contributed by atoms with Crippen molar-refractivity contribution in [1.29, 1.82) is 0 Å². The molecule has 1 aliphatic rings. The van der Waals surface area contributed by atoms with Gasteiger partial charge in [-0.05, 0) is 30.9 Å². The zero-order valence-electron chi connectivity index (χ0n) is 8.67. The van der Waals surface area contributed by atoms with Gasteiger partial charge in [-0.25, -0.2) is 0 Å². The van der Waals surface area contributed by atoms with Crippen LogP contribution in [0.2, 0.25) is 0 Å². The minimum atomic E-state index is 0.165. The first-order valence-electron chi connectivity index (χ1n) is 5.36. The van der Waals surface area contributed by atoms with E-state index in [0.717, 1.165) is 12.0 Å². The Balaban J connectivity index is 1.85.